The molecule has 0 amide bonds. The first-order chi connectivity index (χ1) is 6.72. The lowest BCUT2D eigenvalue weighted by atomic mass is 10.1. The molecule has 1 atom stereocenters. The van der Waals surface area contributed by atoms with Gasteiger partial charge in [0.25, 0.3) is 0 Å². The van der Waals surface area contributed by atoms with E-state index >= 15 is 0 Å². The number of carbonyl (C=O) groups excluding carboxylic acids is 1. The van der Waals surface area contributed by atoms with Crippen molar-refractivity contribution in [1.29, 1.82) is 0 Å². The van der Waals surface area contributed by atoms with Crippen molar-refractivity contribution < 1.29 is 19.4 Å². The van der Waals surface area contributed by atoms with Crippen LogP contribution in [0.2, 0.25) is 0 Å². The average Bonchev–Trinajstić information content (AvgIpc) is 1.99. The fourth-order valence-corrected chi connectivity index (χ4v) is 0.969. The molecule has 0 saturated heterocycles. The Morgan fingerprint density at radius 3 is 2.33 bits per heavy atom. The van der Waals surface area contributed by atoms with Gasteiger partial charge >= 0.3 is 11.9 Å². The van der Waals surface area contributed by atoms with Crippen LogP contribution in [-0.2, 0) is 14.3 Å². The lowest BCUT2D eigenvalue weighted by Crippen LogP contribution is -2.37. The first-order valence-electron chi connectivity index (χ1n) is 4.92. The summed E-state index contributed by atoms with van der Waals surface area (Å²) in [6.45, 7) is 5.28. The van der Waals surface area contributed by atoms with Crippen LogP contribution < -0.4 is 5.73 Å². The lowest BCUT2D eigenvalue weighted by Gasteiger charge is -2.22. The van der Waals surface area contributed by atoms with E-state index in [1.165, 1.54) is 0 Å². The highest BCUT2D eigenvalue weighted by molar-refractivity contribution is 5.76. The van der Waals surface area contributed by atoms with E-state index in [2.05, 4.69) is 0 Å². The van der Waals surface area contributed by atoms with Gasteiger partial charge in [-0.05, 0) is 33.6 Å². The number of carbonyl (C=O) groups is 2. The van der Waals surface area contributed by atoms with Crippen molar-refractivity contribution in [2.75, 3.05) is 0 Å². The molecule has 0 fully saturated rings. The highest BCUT2D eigenvalue weighted by Gasteiger charge is 2.21. The predicted octanol–water partition coefficient (Wildman–Crippen LogP) is 0.910. The molecule has 0 radical (unpaired) electrons. The van der Waals surface area contributed by atoms with Crippen molar-refractivity contribution in [1.82, 2.24) is 0 Å². The minimum atomic E-state index is -0.883. The van der Waals surface area contributed by atoms with Crippen molar-refractivity contribution in [2.45, 2.75) is 51.7 Å². The van der Waals surface area contributed by atoms with Gasteiger partial charge in [-0.3, -0.25) is 9.59 Å². The largest absolute Gasteiger partial charge is 0.481 e. The van der Waals surface area contributed by atoms with Gasteiger partial charge in [-0.15, -0.1) is 0 Å². The van der Waals surface area contributed by atoms with E-state index in [4.69, 9.17) is 15.6 Å². The Hall–Kier alpha value is -1.10. The third-order valence-electron chi connectivity index (χ3n) is 1.62. The second-order valence-corrected chi connectivity index (χ2v) is 4.43. The lowest BCUT2D eigenvalue weighted by molar-refractivity contribution is -0.156. The summed E-state index contributed by atoms with van der Waals surface area (Å²) >= 11 is 0. The molecule has 0 heterocycles. The SMILES string of the molecule is CC(C)(C)OC(=O)C(N)CCCC(=O)O. The van der Waals surface area contributed by atoms with Crippen LogP contribution in [0.1, 0.15) is 40.0 Å². The second kappa shape index (κ2) is 5.70. The normalized spacial score (nSPS) is 13.3. The smallest absolute Gasteiger partial charge is 0.323 e. The van der Waals surface area contributed by atoms with Crippen LogP contribution in [0, 0.1) is 0 Å². The van der Waals surface area contributed by atoms with Gasteiger partial charge in [0.15, 0.2) is 0 Å². The number of esters is 1. The van der Waals surface area contributed by atoms with Crippen LogP contribution in [0.5, 0.6) is 0 Å². The summed E-state index contributed by atoms with van der Waals surface area (Å²) in [5, 5.41) is 8.39. The maximum Gasteiger partial charge on any atom is 0.323 e. The average molecular weight is 217 g/mol. The van der Waals surface area contributed by atoms with E-state index in [0.717, 1.165) is 0 Å². The molecule has 0 aromatic heterocycles. The Morgan fingerprint density at radius 2 is 1.93 bits per heavy atom. The molecule has 5 nitrogen and oxygen atoms in total. The molecule has 15 heavy (non-hydrogen) atoms. The Morgan fingerprint density at radius 1 is 1.40 bits per heavy atom. The zero-order chi connectivity index (χ0) is 12.1. The summed E-state index contributed by atoms with van der Waals surface area (Å²) in [6.07, 6.45) is 0.744. The standard InChI is InChI=1S/C10H19NO4/c1-10(2,3)15-9(14)7(11)5-4-6-8(12)13/h7H,4-6,11H2,1-3H3,(H,12,13). The van der Waals surface area contributed by atoms with Crippen LogP contribution in [0.15, 0.2) is 0 Å². The molecule has 3 N–H and O–H groups in total. The zero-order valence-corrected chi connectivity index (χ0v) is 9.45. The molecule has 5 heteroatoms. The summed E-state index contributed by atoms with van der Waals surface area (Å²) in [5.74, 6) is -1.36. The molecular weight excluding hydrogens is 198 g/mol. The van der Waals surface area contributed by atoms with Gasteiger partial charge in [0.1, 0.15) is 11.6 Å². The number of carboxylic acid groups (broad SMARTS) is 1. The predicted molar refractivity (Wildman–Crippen MR) is 55.3 cm³/mol. The van der Waals surface area contributed by atoms with E-state index in [1.54, 1.807) is 20.8 Å². The van der Waals surface area contributed by atoms with Gasteiger partial charge in [0.2, 0.25) is 0 Å². The summed E-state index contributed by atoms with van der Waals surface area (Å²) < 4.78 is 5.05. The van der Waals surface area contributed by atoms with Gasteiger partial charge in [-0.1, -0.05) is 0 Å². The van der Waals surface area contributed by atoms with Crippen molar-refractivity contribution >= 4 is 11.9 Å². The van der Waals surface area contributed by atoms with Gasteiger partial charge < -0.3 is 15.6 Å². The third kappa shape index (κ3) is 7.93. The highest BCUT2D eigenvalue weighted by Crippen LogP contribution is 2.10. The summed E-state index contributed by atoms with van der Waals surface area (Å²) in [7, 11) is 0. The van der Waals surface area contributed by atoms with Crippen LogP contribution in [0.4, 0.5) is 0 Å². The maximum absolute atomic E-state index is 11.3. The molecular formula is C10H19NO4. The van der Waals surface area contributed by atoms with E-state index in [9.17, 15) is 9.59 Å². The molecule has 1 unspecified atom stereocenters. The van der Waals surface area contributed by atoms with Crippen molar-refractivity contribution in [3.8, 4) is 0 Å². The Balaban J connectivity index is 3.85. The Kier molecular flexibility index (Phi) is 5.28. The summed E-state index contributed by atoms with van der Waals surface area (Å²) in [5.41, 5.74) is 4.99. The molecule has 0 rings (SSSR count). The number of nitrogens with two attached hydrogens (primary N) is 1. The van der Waals surface area contributed by atoms with E-state index in [0.29, 0.717) is 12.8 Å². The summed E-state index contributed by atoms with van der Waals surface area (Å²) in [6, 6.07) is -0.733. The third-order valence-corrected chi connectivity index (χ3v) is 1.62. The molecule has 0 spiro atoms. The maximum atomic E-state index is 11.3. The minimum absolute atomic E-state index is 0.0243. The monoisotopic (exact) mass is 217 g/mol. The highest BCUT2D eigenvalue weighted by atomic mass is 16.6. The number of hydrogen-bond acceptors (Lipinski definition) is 4. The number of ether oxygens (including phenoxy) is 1. The zero-order valence-electron chi connectivity index (χ0n) is 9.45. The van der Waals surface area contributed by atoms with E-state index < -0.39 is 23.6 Å². The second-order valence-electron chi connectivity index (χ2n) is 4.43. The molecule has 0 bridgehead atoms. The molecule has 88 valence electrons. The summed E-state index contributed by atoms with van der Waals surface area (Å²) in [4.78, 5) is 21.6. The van der Waals surface area contributed by atoms with Crippen LogP contribution in [0.3, 0.4) is 0 Å². The number of hydrogen-bond donors (Lipinski definition) is 2. The van der Waals surface area contributed by atoms with Gasteiger partial charge in [0, 0.05) is 6.42 Å². The number of aliphatic carboxylic acids is 1. The van der Waals surface area contributed by atoms with Crippen LogP contribution >= 0.6 is 0 Å². The van der Waals surface area contributed by atoms with E-state index in [1.807, 2.05) is 0 Å². The first-order valence-corrected chi connectivity index (χ1v) is 4.92. The van der Waals surface area contributed by atoms with Gasteiger partial charge in [-0.25, -0.2) is 0 Å². The fraction of sp³-hybridized carbons (Fsp3) is 0.800. The van der Waals surface area contributed by atoms with E-state index in [-0.39, 0.29) is 6.42 Å². The molecule has 0 saturated carbocycles. The minimum Gasteiger partial charge on any atom is -0.481 e. The molecule has 0 aliphatic heterocycles. The number of rotatable bonds is 5. The quantitative estimate of drug-likeness (QED) is 0.668. The molecule has 0 aromatic carbocycles. The Bertz CT molecular complexity index is 232. The first kappa shape index (κ1) is 13.9. The van der Waals surface area contributed by atoms with Crippen LogP contribution in [0.25, 0.3) is 0 Å². The van der Waals surface area contributed by atoms with Crippen molar-refractivity contribution in [2.24, 2.45) is 5.73 Å². The van der Waals surface area contributed by atoms with Gasteiger partial charge in [-0.2, -0.15) is 0 Å². The Labute approximate surface area is 89.6 Å². The number of carboxylic acids is 1. The van der Waals surface area contributed by atoms with Crippen LogP contribution in [-0.4, -0.2) is 28.7 Å². The van der Waals surface area contributed by atoms with Crippen molar-refractivity contribution in [3.63, 3.8) is 0 Å². The molecule has 0 aromatic rings. The van der Waals surface area contributed by atoms with Crippen molar-refractivity contribution in [3.05, 3.63) is 0 Å². The molecule has 0 aliphatic carbocycles. The molecule has 0 aliphatic rings. The van der Waals surface area contributed by atoms with Gasteiger partial charge in [0.05, 0.1) is 0 Å². The topological polar surface area (TPSA) is 89.6 Å². The fourth-order valence-electron chi connectivity index (χ4n) is 0.969.